The average molecular weight is 239 g/mol. The molecule has 0 aliphatic carbocycles. The van der Waals surface area contributed by atoms with Gasteiger partial charge < -0.3 is 20.8 Å². The topological polar surface area (TPSA) is 97.4 Å². The fraction of sp³-hybridized carbons (Fsp3) is 0.455. The molecule has 0 aliphatic heterocycles. The molecule has 6 nitrogen and oxygen atoms in total. The number of hydrogen-bond acceptors (Lipinski definition) is 4. The molecule has 4 N–H and O–H groups in total. The summed E-state index contributed by atoms with van der Waals surface area (Å²) in [5.74, 6) is 0.0569. The molecule has 0 spiro atoms. The largest absolute Gasteiger partial charge is 0.455 e. The Morgan fingerprint density at radius 1 is 1.35 bits per heavy atom. The minimum absolute atomic E-state index is 0.0580. The van der Waals surface area contributed by atoms with Gasteiger partial charge in [-0.1, -0.05) is 6.92 Å². The van der Waals surface area contributed by atoms with Gasteiger partial charge >= 0.3 is 0 Å². The average Bonchev–Trinajstić information content (AvgIpc) is 2.82. The predicted octanol–water partition coefficient (Wildman–Crippen LogP) is -0.00570. The van der Waals surface area contributed by atoms with Crippen LogP contribution in [-0.2, 0) is 11.3 Å². The molecule has 0 aliphatic rings. The third-order valence-corrected chi connectivity index (χ3v) is 2.07. The van der Waals surface area contributed by atoms with E-state index in [0.29, 0.717) is 12.3 Å². The van der Waals surface area contributed by atoms with E-state index in [0.717, 1.165) is 6.42 Å². The summed E-state index contributed by atoms with van der Waals surface area (Å²) in [5, 5.41) is 5.11. The van der Waals surface area contributed by atoms with E-state index in [4.69, 9.17) is 10.2 Å². The summed E-state index contributed by atoms with van der Waals surface area (Å²) in [4.78, 5) is 22.7. The standard InChI is InChI=1S/C11H17N3O3/c1-2-5-13-10(15)7-14-11(16)9-4-3-8(6-12)17-9/h3-4H,2,5-7,12H2,1H3,(H,13,15)(H,14,16). The molecule has 0 atom stereocenters. The quantitative estimate of drug-likeness (QED) is 0.650. The number of amides is 2. The summed E-state index contributed by atoms with van der Waals surface area (Å²) in [6.07, 6.45) is 0.859. The van der Waals surface area contributed by atoms with Crippen molar-refractivity contribution in [3.8, 4) is 0 Å². The molecular weight excluding hydrogens is 222 g/mol. The molecule has 6 heteroatoms. The molecule has 1 aromatic heterocycles. The lowest BCUT2D eigenvalue weighted by atomic mass is 10.4. The van der Waals surface area contributed by atoms with E-state index < -0.39 is 5.91 Å². The van der Waals surface area contributed by atoms with E-state index >= 15 is 0 Å². The summed E-state index contributed by atoms with van der Waals surface area (Å²) >= 11 is 0. The van der Waals surface area contributed by atoms with Crippen LogP contribution in [0.1, 0.15) is 29.7 Å². The third kappa shape index (κ3) is 4.28. The van der Waals surface area contributed by atoms with E-state index in [2.05, 4.69) is 10.6 Å². The van der Waals surface area contributed by atoms with Gasteiger partial charge in [0, 0.05) is 6.54 Å². The van der Waals surface area contributed by atoms with Crippen molar-refractivity contribution in [1.82, 2.24) is 10.6 Å². The van der Waals surface area contributed by atoms with Gasteiger partial charge in [-0.05, 0) is 18.6 Å². The van der Waals surface area contributed by atoms with Crippen LogP contribution in [0.2, 0.25) is 0 Å². The molecule has 0 bridgehead atoms. The van der Waals surface area contributed by atoms with Gasteiger partial charge in [-0.25, -0.2) is 0 Å². The highest BCUT2D eigenvalue weighted by molar-refractivity contribution is 5.94. The van der Waals surface area contributed by atoms with Crippen LogP contribution in [0.4, 0.5) is 0 Å². The fourth-order valence-electron chi connectivity index (χ4n) is 1.18. The first-order valence-corrected chi connectivity index (χ1v) is 5.51. The van der Waals surface area contributed by atoms with Gasteiger partial charge in [0.25, 0.3) is 5.91 Å². The molecule has 0 fully saturated rings. The maximum absolute atomic E-state index is 11.5. The number of hydrogen-bond donors (Lipinski definition) is 3. The lowest BCUT2D eigenvalue weighted by Gasteiger charge is -2.04. The van der Waals surface area contributed by atoms with Crippen LogP contribution in [0.15, 0.2) is 16.5 Å². The molecule has 1 aromatic rings. The third-order valence-electron chi connectivity index (χ3n) is 2.07. The normalized spacial score (nSPS) is 10.0. The highest BCUT2D eigenvalue weighted by Crippen LogP contribution is 2.06. The maximum Gasteiger partial charge on any atom is 0.287 e. The lowest BCUT2D eigenvalue weighted by Crippen LogP contribution is -2.37. The second-order valence-electron chi connectivity index (χ2n) is 3.50. The monoisotopic (exact) mass is 239 g/mol. The Bertz CT molecular complexity index is 387. The summed E-state index contributed by atoms with van der Waals surface area (Å²) in [6.45, 7) is 2.74. The second-order valence-corrected chi connectivity index (χ2v) is 3.50. The number of rotatable bonds is 6. The van der Waals surface area contributed by atoms with Crippen molar-refractivity contribution in [3.05, 3.63) is 23.7 Å². The number of nitrogens with one attached hydrogen (secondary N) is 2. The molecule has 0 aromatic carbocycles. The number of carbonyl (C=O) groups excluding carboxylic acids is 2. The van der Waals surface area contributed by atoms with E-state index in [-0.39, 0.29) is 24.8 Å². The van der Waals surface area contributed by atoms with E-state index in [1.807, 2.05) is 6.92 Å². The zero-order chi connectivity index (χ0) is 12.7. The van der Waals surface area contributed by atoms with Gasteiger partial charge in [-0.3, -0.25) is 9.59 Å². The van der Waals surface area contributed by atoms with Crippen molar-refractivity contribution < 1.29 is 14.0 Å². The number of nitrogens with two attached hydrogens (primary N) is 1. The van der Waals surface area contributed by atoms with Crippen LogP contribution >= 0.6 is 0 Å². The molecule has 1 rings (SSSR count). The SMILES string of the molecule is CCCNC(=O)CNC(=O)c1ccc(CN)o1. The molecule has 0 saturated heterocycles. The van der Waals surface area contributed by atoms with E-state index in [1.165, 1.54) is 6.07 Å². The van der Waals surface area contributed by atoms with Crippen molar-refractivity contribution >= 4 is 11.8 Å². The molecule has 94 valence electrons. The Morgan fingerprint density at radius 3 is 2.71 bits per heavy atom. The van der Waals surface area contributed by atoms with Crippen molar-refractivity contribution in [3.63, 3.8) is 0 Å². The van der Waals surface area contributed by atoms with Crippen molar-refractivity contribution in [2.75, 3.05) is 13.1 Å². The fourth-order valence-corrected chi connectivity index (χ4v) is 1.18. The summed E-state index contributed by atoms with van der Waals surface area (Å²) < 4.78 is 5.14. The van der Waals surface area contributed by atoms with Crippen molar-refractivity contribution in [1.29, 1.82) is 0 Å². The van der Waals surface area contributed by atoms with Crippen molar-refractivity contribution in [2.45, 2.75) is 19.9 Å². The van der Waals surface area contributed by atoms with Crippen LogP contribution < -0.4 is 16.4 Å². The Kier molecular flexibility index (Phi) is 5.22. The Labute approximate surface area is 99.5 Å². The zero-order valence-corrected chi connectivity index (χ0v) is 9.79. The van der Waals surface area contributed by atoms with Gasteiger partial charge in [0.15, 0.2) is 5.76 Å². The smallest absolute Gasteiger partial charge is 0.287 e. The van der Waals surface area contributed by atoms with Crippen molar-refractivity contribution in [2.24, 2.45) is 5.73 Å². The number of carbonyl (C=O) groups is 2. The highest BCUT2D eigenvalue weighted by Gasteiger charge is 2.11. The van der Waals surface area contributed by atoms with E-state index in [9.17, 15) is 9.59 Å². The molecule has 0 saturated carbocycles. The van der Waals surface area contributed by atoms with Gasteiger partial charge in [0.2, 0.25) is 5.91 Å². The molecular formula is C11H17N3O3. The van der Waals surface area contributed by atoms with Gasteiger partial charge in [-0.15, -0.1) is 0 Å². The molecule has 0 unspecified atom stereocenters. The summed E-state index contributed by atoms with van der Waals surface area (Å²) in [5.41, 5.74) is 5.35. The first-order chi connectivity index (χ1) is 8.17. The second kappa shape index (κ2) is 6.70. The van der Waals surface area contributed by atoms with Crippen LogP contribution in [0, 0.1) is 0 Å². The minimum Gasteiger partial charge on any atom is -0.455 e. The lowest BCUT2D eigenvalue weighted by molar-refractivity contribution is -0.120. The summed E-state index contributed by atoms with van der Waals surface area (Å²) in [6, 6.07) is 3.16. The highest BCUT2D eigenvalue weighted by atomic mass is 16.4. The Morgan fingerprint density at radius 2 is 2.12 bits per heavy atom. The van der Waals surface area contributed by atoms with Crippen LogP contribution in [0.25, 0.3) is 0 Å². The molecule has 17 heavy (non-hydrogen) atoms. The molecule has 1 heterocycles. The zero-order valence-electron chi connectivity index (χ0n) is 9.79. The predicted molar refractivity (Wildman–Crippen MR) is 62.2 cm³/mol. The Balaban J connectivity index is 2.36. The van der Waals surface area contributed by atoms with E-state index in [1.54, 1.807) is 6.07 Å². The van der Waals surface area contributed by atoms with Gasteiger partial charge in [-0.2, -0.15) is 0 Å². The minimum atomic E-state index is -0.420. The van der Waals surface area contributed by atoms with Gasteiger partial charge in [0.1, 0.15) is 5.76 Å². The molecule has 0 radical (unpaired) electrons. The maximum atomic E-state index is 11.5. The van der Waals surface area contributed by atoms with Crippen LogP contribution in [0.3, 0.4) is 0 Å². The van der Waals surface area contributed by atoms with Gasteiger partial charge in [0.05, 0.1) is 13.1 Å². The Hall–Kier alpha value is -1.82. The number of furan rings is 1. The van der Waals surface area contributed by atoms with Crippen LogP contribution in [-0.4, -0.2) is 24.9 Å². The summed E-state index contributed by atoms with van der Waals surface area (Å²) in [7, 11) is 0. The molecule has 2 amide bonds. The first-order valence-electron chi connectivity index (χ1n) is 5.51. The first kappa shape index (κ1) is 13.2. The van der Waals surface area contributed by atoms with Crippen LogP contribution in [0.5, 0.6) is 0 Å².